The predicted octanol–water partition coefficient (Wildman–Crippen LogP) is 1.92. The van der Waals surface area contributed by atoms with Gasteiger partial charge in [-0.25, -0.2) is 4.98 Å². The third kappa shape index (κ3) is 3.91. The van der Waals surface area contributed by atoms with Gasteiger partial charge in [0.25, 0.3) is 5.91 Å². The van der Waals surface area contributed by atoms with Crippen LogP contribution >= 0.6 is 0 Å². The van der Waals surface area contributed by atoms with Crippen LogP contribution in [-0.4, -0.2) is 41.3 Å². The monoisotopic (exact) mass is 330 g/mol. The fourth-order valence-corrected chi connectivity index (χ4v) is 2.81. The van der Waals surface area contributed by atoms with E-state index in [0.717, 1.165) is 24.5 Å². The predicted molar refractivity (Wildman–Crippen MR) is 88.9 cm³/mol. The second-order valence-electron chi connectivity index (χ2n) is 6.20. The zero-order valence-electron chi connectivity index (χ0n) is 14.2. The number of carbonyl (C=O) groups is 1. The Balaban J connectivity index is 1.57. The van der Waals surface area contributed by atoms with Crippen molar-refractivity contribution in [1.82, 2.24) is 15.5 Å². The molecule has 7 nitrogen and oxygen atoms in total. The molecule has 0 aromatic carbocycles. The van der Waals surface area contributed by atoms with Crippen LogP contribution in [0.5, 0.6) is 0 Å². The molecule has 0 spiro atoms. The summed E-state index contributed by atoms with van der Waals surface area (Å²) in [6.45, 7) is 7.96. The lowest BCUT2D eigenvalue weighted by atomic mass is 10.2. The number of nitrogens with zero attached hydrogens (tertiary/aromatic N) is 3. The Morgan fingerprint density at radius 2 is 2.08 bits per heavy atom. The normalized spacial score (nSPS) is 20.9. The second-order valence-corrected chi connectivity index (χ2v) is 6.20. The van der Waals surface area contributed by atoms with Crippen molar-refractivity contribution in [3.63, 3.8) is 0 Å². The Labute approximate surface area is 141 Å². The van der Waals surface area contributed by atoms with Crippen molar-refractivity contribution in [3.8, 4) is 0 Å². The summed E-state index contributed by atoms with van der Waals surface area (Å²) in [5.41, 5.74) is 1.61. The molecule has 3 rings (SSSR count). The van der Waals surface area contributed by atoms with Gasteiger partial charge in [-0.3, -0.25) is 4.79 Å². The fraction of sp³-hybridized carbons (Fsp3) is 0.471. The van der Waals surface area contributed by atoms with Crippen molar-refractivity contribution >= 4 is 11.7 Å². The highest BCUT2D eigenvalue weighted by atomic mass is 16.5. The van der Waals surface area contributed by atoms with Crippen LogP contribution in [0, 0.1) is 6.92 Å². The van der Waals surface area contributed by atoms with E-state index in [1.54, 1.807) is 19.2 Å². The first kappa shape index (κ1) is 16.4. The van der Waals surface area contributed by atoms with Crippen molar-refractivity contribution in [3.05, 3.63) is 41.4 Å². The average Bonchev–Trinajstić information content (AvgIpc) is 2.99. The topological polar surface area (TPSA) is 80.5 Å². The van der Waals surface area contributed by atoms with Crippen LogP contribution in [0.2, 0.25) is 0 Å². The number of pyridine rings is 1. The SMILES string of the molecule is Cc1cc(C(=O)NCc2ccc(N3C[C@@H](C)O[C@H](C)C3)nc2)on1. The van der Waals surface area contributed by atoms with Gasteiger partial charge in [0.1, 0.15) is 5.82 Å². The number of amides is 1. The molecule has 0 aliphatic carbocycles. The van der Waals surface area contributed by atoms with Crippen molar-refractivity contribution in [2.75, 3.05) is 18.0 Å². The maximum Gasteiger partial charge on any atom is 0.290 e. The van der Waals surface area contributed by atoms with E-state index < -0.39 is 0 Å². The first-order valence-electron chi connectivity index (χ1n) is 8.08. The molecule has 2 aromatic heterocycles. The highest BCUT2D eigenvalue weighted by Crippen LogP contribution is 2.18. The van der Waals surface area contributed by atoms with Crippen molar-refractivity contribution in [2.45, 2.75) is 39.5 Å². The molecule has 1 aliphatic heterocycles. The van der Waals surface area contributed by atoms with Gasteiger partial charge in [-0.2, -0.15) is 0 Å². The van der Waals surface area contributed by atoms with Crippen LogP contribution in [0.4, 0.5) is 5.82 Å². The smallest absolute Gasteiger partial charge is 0.290 e. The maximum atomic E-state index is 11.9. The number of rotatable bonds is 4. The Morgan fingerprint density at radius 1 is 1.33 bits per heavy atom. The first-order chi connectivity index (χ1) is 11.5. The van der Waals surface area contributed by atoms with Crippen LogP contribution < -0.4 is 10.2 Å². The van der Waals surface area contributed by atoms with Gasteiger partial charge < -0.3 is 19.5 Å². The number of ether oxygens (including phenoxy) is 1. The molecule has 1 fully saturated rings. The third-order valence-corrected chi connectivity index (χ3v) is 3.86. The molecule has 3 heterocycles. The van der Waals surface area contributed by atoms with Crippen molar-refractivity contribution in [1.29, 1.82) is 0 Å². The van der Waals surface area contributed by atoms with Crippen LogP contribution in [-0.2, 0) is 11.3 Å². The van der Waals surface area contributed by atoms with E-state index in [-0.39, 0.29) is 23.9 Å². The Bertz CT molecular complexity index is 688. The van der Waals surface area contributed by atoms with E-state index in [9.17, 15) is 4.79 Å². The largest absolute Gasteiger partial charge is 0.372 e. The van der Waals surface area contributed by atoms with E-state index in [1.807, 2.05) is 12.1 Å². The molecule has 7 heteroatoms. The second kappa shape index (κ2) is 7.00. The summed E-state index contributed by atoms with van der Waals surface area (Å²) in [6, 6.07) is 5.56. The van der Waals surface area contributed by atoms with Crippen molar-refractivity contribution in [2.24, 2.45) is 0 Å². The molecule has 1 aliphatic rings. The number of morpholine rings is 1. The summed E-state index contributed by atoms with van der Waals surface area (Å²) in [5, 5.41) is 6.50. The molecule has 0 saturated carbocycles. The van der Waals surface area contributed by atoms with E-state index in [4.69, 9.17) is 9.26 Å². The average molecular weight is 330 g/mol. The minimum atomic E-state index is -0.282. The number of hydrogen-bond acceptors (Lipinski definition) is 6. The number of carbonyl (C=O) groups excluding carboxylic acids is 1. The van der Waals surface area contributed by atoms with Crippen LogP contribution in [0.15, 0.2) is 28.9 Å². The van der Waals surface area contributed by atoms with Gasteiger partial charge in [-0.05, 0) is 32.4 Å². The van der Waals surface area contributed by atoms with Crippen molar-refractivity contribution < 1.29 is 14.1 Å². The Hall–Kier alpha value is -2.41. The molecule has 2 aromatic rings. The molecular weight excluding hydrogens is 308 g/mol. The van der Waals surface area contributed by atoms with E-state index in [0.29, 0.717) is 12.2 Å². The number of hydrogen-bond donors (Lipinski definition) is 1. The molecular formula is C17H22N4O3. The molecule has 1 saturated heterocycles. The van der Waals surface area contributed by atoms with Gasteiger partial charge >= 0.3 is 0 Å². The Morgan fingerprint density at radius 3 is 2.67 bits per heavy atom. The van der Waals surface area contributed by atoms with Crippen LogP contribution in [0.25, 0.3) is 0 Å². The zero-order chi connectivity index (χ0) is 17.1. The van der Waals surface area contributed by atoms with Crippen LogP contribution in [0.1, 0.15) is 35.7 Å². The van der Waals surface area contributed by atoms with Gasteiger partial charge in [0, 0.05) is 31.9 Å². The molecule has 0 bridgehead atoms. The standard InChI is InChI=1S/C17H22N4O3/c1-11-6-15(24-20-11)17(22)19-8-14-4-5-16(18-7-14)21-9-12(2)23-13(3)10-21/h4-7,12-13H,8-10H2,1-3H3,(H,19,22)/t12-,13-/m1/s1. The van der Waals surface area contributed by atoms with E-state index in [2.05, 4.69) is 34.2 Å². The number of aryl methyl sites for hydroxylation is 1. The zero-order valence-corrected chi connectivity index (χ0v) is 14.2. The van der Waals surface area contributed by atoms with Gasteiger partial charge in [0.05, 0.1) is 17.9 Å². The summed E-state index contributed by atoms with van der Waals surface area (Å²) in [5.74, 6) is 0.863. The molecule has 1 amide bonds. The van der Waals surface area contributed by atoms with Gasteiger partial charge in [0.2, 0.25) is 5.76 Å². The minimum absolute atomic E-state index is 0.194. The minimum Gasteiger partial charge on any atom is -0.372 e. The van der Waals surface area contributed by atoms with E-state index in [1.165, 1.54) is 0 Å². The van der Waals surface area contributed by atoms with E-state index >= 15 is 0 Å². The van der Waals surface area contributed by atoms with Gasteiger partial charge in [-0.15, -0.1) is 0 Å². The summed E-state index contributed by atoms with van der Waals surface area (Å²) < 4.78 is 10.7. The number of nitrogens with one attached hydrogen (secondary N) is 1. The summed E-state index contributed by atoms with van der Waals surface area (Å²) in [7, 11) is 0. The Kier molecular flexibility index (Phi) is 4.80. The third-order valence-electron chi connectivity index (χ3n) is 3.86. The number of anilines is 1. The lowest BCUT2D eigenvalue weighted by molar-refractivity contribution is -0.00546. The molecule has 0 radical (unpaired) electrons. The molecule has 0 unspecified atom stereocenters. The summed E-state index contributed by atoms with van der Waals surface area (Å²) >= 11 is 0. The van der Waals surface area contributed by atoms with Gasteiger partial charge in [-0.1, -0.05) is 11.2 Å². The molecule has 24 heavy (non-hydrogen) atoms. The molecule has 128 valence electrons. The quantitative estimate of drug-likeness (QED) is 0.922. The fourth-order valence-electron chi connectivity index (χ4n) is 2.81. The molecule has 2 atom stereocenters. The summed E-state index contributed by atoms with van der Waals surface area (Å²) in [6.07, 6.45) is 2.17. The van der Waals surface area contributed by atoms with Crippen LogP contribution in [0.3, 0.4) is 0 Å². The first-order valence-corrected chi connectivity index (χ1v) is 8.08. The number of aromatic nitrogens is 2. The maximum absolute atomic E-state index is 11.9. The lowest BCUT2D eigenvalue weighted by Crippen LogP contribution is -2.45. The highest BCUT2D eigenvalue weighted by molar-refractivity contribution is 5.91. The molecule has 1 N–H and O–H groups in total. The summed E-state index contributed by atoms with van der Waals surface area (Å²) in [4.78, 5) is 18.7. The van der Waals surface area contributed by atoms with Gasteiger partial charge in [0.15, 0.2) is 0 Å². The highest BCUT2D eigenvalue weighted by Gasteiger charge is 2.23. The lowest BCUT2D eigenvalue weighted by Gasteiger charge is -2.36.